The van der Waals surface area contributed by atoms with E-state index < -0.39 is 31.1 Å². The van der Waals surface area contributed by atoms with Crippen molar-refractivity contribution < 1.29 is 20.1 Å². The van der Waals surface area contributed by atoms with Gasteiger partial charge in [0.2, 0.25) is 5.95 Å². The molecule has 3 rings (SSSR count). The van der Waals surface area contributed by atoms with Crippen molar-refractivity contribution in [1.29, 1.82) is 0 Å². The number of hydrogen-bond donors (Lipinski definition) is 5. The van der Waals surface area contributed by atoms with Crippen molar-refractivity contribution >= 4 is 17.5 Å². The maximum atomic E-state index is 12.1. The molecule has 3 heterocycles. The molecule has 10 nitrogen and oxygen atoms in total. The van der Waals surface area contributed by atoms with Crippen molar-refractivity contribution in [2.45, 2.75) is 24.5 Å². The van der Waals surface area contributed by atoms with Crippen molar-refractivity contribution in [3.05, 3.63) is 10.4 Å². The largest absolute Gasteiger partial charge is 0.394 e. The van der Waals surface area contributed by atoms with Gasteiger partial charge >= 0.3 is 0 Å². The Balaban J connectivity index is 1.99. The first-order valence-electron chi connectivity index (χ1n) is 6.90. The molecule has 0 radical (unpaired) electrons. The fourth-order valence-electron chi connectivity index (χ4n) is 2.82. The average Bonchev–Trinajstić information content (AvgIpc) is 2.98. The second-order valence-electron chi connectivity index (χ2n) is 5.37. The van der Waals surface area contributed by atoms with Gasteiger partial charge in [0.15, 0.2) is 12.0 Å². The number of aromatic nitrogens is 2. The third-order valence-electron chi connectivity index (χ3n) is 3.96. The molecule has 1 saturated heterocycles. The van der Waals surface area contributed by atoms with Crippen LogP contribution < -0.4 is 20.7 Å². The molecule has 1 aromatic rings. The molecule has 0 aliphatic carbocycles. The smallest absolute Gasteiger partial charge is 0.278 e. The Morgan fingerprint density at radius 1 is 1.45 bits per heavy atom. The Bertz CT molecular complexity index is 622. The van der Waals surface area contributed by atoms with E-state index in [2.05, 4.69) is 15.3 Å². The molecule has 0 aromatic carbocycles. The first-order chi connectivity index (χ1) is 10.5. The first-order valence-corrected chi connectivity index (χ1v) is 6.90. The minimum Gasteiger partial charge on any atom is -0.394 e. The van der Waals surface area contributed by atoms with Gasteiger partial charge in [0.05, 0.1) is 13.3 Å². The number of rotatable bonds is 3. The van der Waals surface area contributed by atoms with Crippen LogP contribution in [0.2, 0.25) is 0 Å². The number of aromatic amines is 1. The molecule has 0 amide bonds. The molecule has 0 spiro atoms. The minimum absolute atomic E-state index is 0.269. The molecule has 4 atom stereocenters. The summed E-state index contributed by atoms with van der Waals surface area (Å²) in [5.41, 5.74) is 0.0443. The van der Waals surface area contributed by atoms with E-state index in [1.807, 2.05) is 0 Å². The average molecular weight is 313 g/mol. The standard InChI is InChI=1S/C12H19N5O5/c1-13-12-14-9-6(10(21)15-12)16(2)4-17(9)11-8(20)7(19)5(3-18)22-11/h5,7-8,11,18-20H,3-4H2,1-2H3,(H2,13,14,15,21). The van der Waals surface area contributed by atoms with Gasteiger partial charge in [0.25, 0.3) is 5.56 Å². The lowest BCUT2D eigenvalue weighted by Crippen LogP contribution is -2.45. The van der Waals surface area contributed by atoms with Crippen molar-refractivity contribution in [3.63, 3.8) is 0 Å². The van der Waals surface area contributed by atoms with Gasteiger partial charge in [-0.05, 0) is 0 Å². The fourth-order valence-corrected chi connectivity index (χ4v) is 2.82. The summed E-state index contributed by atoms with van der Waals surface area (Å²) in [7, 11) is 3.34. The Morgan fingerprint density at radius 3 is 2.77 bits per heavy atom. The second-order valence-corrected chi connectivity index (χ2v) is 5.37. The number of nitrogens with one attached hydrogen (secondary N) is 2. The maximum Gasteiger partial charge on any atom is 0.278 e. The molecular weight excluding hydrogens is 294 g/mol. The molecule has 0 saturated carbocycles. The van der Waals surface area contributed by atoms with E-state index in [1.54, 1.807) is 23.9 Å². The number of nitrogens with zero attached hydrogens (tertiary/aromatic N) is 3. The predicted octanol–water partition coefficient (Wildman–Crippen LogP) is -2.54. The number of aliphatic hydroxyl groups is 3. The zero-order valence-electron chi connectivity index (χ0n) is 12.2. The maximum absolute atomic E-state index is 12.1. The molecule has 4 unspecified atom stereocenters. The summed E-state index contributed by atoms with van der Waals surface area (Å²) >= 11 is 0. The van der Waals surface area contributed by atoms with Gasteiger partial charge < -0.3 is 35.2 Å². The number of fused-ring (bicyclic) bond motifs is 1. The van der Waals surface area contributed by atoms with Crippen LogP contribution in [0.3, 0.4) is 0 Å². The lowest BCUT2D eigenvalue weighted by atomic mass is 10.1. The third kappa shape index (κ3) is 2.11. The van der Waals surface area contributed by atoms with Crippen LogP contribution in [0.1, 0.15) is 0 Å². The van der Waals surface area contributed by atoms with Gasteiger partial charge in [-0.2, -0.15) is 4.98 Å². The Morgan fingerprint density at radius 2 is 2.18 bits per heavy atom. The van der Waals surface area contributed by atoms with Gasteiger partial charge in [0, 0.05) is 14.1 Å². The van der Waals surface area contributed by atoms with Crippen molar-refractivity contribution in [2.75, 3.05) is 42.5 Å². The quantitative estimate of drug-likeness (QED) is 0.409. The van der Waals surface area contributed by atoms with Crippen molar-refractivity contribution in [2.24, 2.45) is 0 Å². The summed E-state index contributed by atoms with van der Waals surface area (Å²) < 4.78 is 5.51. The molecule has 122 valence electrons. The molecule has 5 N–H and O–H groups in total. The van der Waals surface area contributed by atoms with Gasteiger partial charge in [0.1, 0.15) is 24.0 Å². The highest BCUT2D eigenvalue weighted by Crippen LogP contribution is 2.36. The molecule has 2 aliphatic rings. The monoisotopic (exact) mass is 313 g/mol. The molecule has 1 fully saturated rings. The molecular formula is C12H19N5O5. The lowest BCUT2D eigenvalue weighted by Gasteiger charge is -2.27. The molecule has 1 aromatic heterocycles. The fraction of sp³-hybridized carbons (Fsp3) is 0.667. The first kappa shape index (κ1) is 15.0. The van der Waals surface area contributed by atoms with E-state index in [-0.39, 0.29) is 18.2 Å². The molecule has 2 aliphatic heterocycles. The number of H-pyrrole nitrogens is 1. The van der Waals surface area contributed by atoms with E-state index in [4.69, 9.17) is 4.74 Å². The molecule has 22 heavy (non-hydrogen) atoms. The SMILES string of the molecule is CNc1nc2c(c(=O)[nH]1)N(C)CN2C1OC(CO)C(O)C1O. The third-order valence-corrected chi connectivity index (χ3v) is 3.96. The van der Waals surface area contributed by atoms with E-state index in [9.17, 15) is 20.1 Å². The van der Waals surface area contributed by atoms with Crippen LogP contribution >= 0.6 is 0 Å². The highest BCUT2D eigenvalue weighted by Gasteiger charge is 2.48. The number of aliphatic hydroxyl groups excluding tert-OH is 3. The number of anilines is 3. The molecule has 0 bridgehead atoms. The Hall–Kier alpha value is -1.88. The van der Waals surface area contributed by atoms with Crippen LogP contribution in [0, 0.1) is 0 Å². The van der Waals surface area contributed by atoms with E-state index >= 15 is 0 Å². The van der Waals surface area contributed by atoms with Crippen molar-refractivity contribution in [3.8, 4) is 0 Å². The van der Waals surface area contributed by atoms with Crippen LogP contribution in [0.15, 0.2) is 4.79 Å². The highest BCUT2D eigenvalue weighted by molar-refractivity contribution is 5.72. The lowest BCUT2D eigenvalue weighted by molar-refractivity contribution is -0.0221. The summed E-state index contributed by atoms with van der Waals surface area (Å²) in [4.78, 5) is 22.3. The van der Waals surface area contributed by atoms with Gasteiger partial charge in [-0.3, -0.25) is 9.78 Å². The highest BCUT2D eigenvalue weighted by atomic mass is 16.6. The summed E-state index contributed by atoms with van der Waals surface area (Å²) in [5.74, 6) is 0.640. The zero-order chi connectivity index (χ0) is 16.0. The van der Waals surface area contributed by atoms with Gasteiger partial charge in [-0.15, -0.1) is 0 Å². The Kier molecular flexibility index (Phi) is 3.68. The van der Waals surface area contributed by atoms with Crippen LogP contribution in [0.25, 0.3) is 0 Å². The molecule has 10 heteroatoms. The van der Waals surface area contributed by atoms with Crippen LogP contribution in [-0.4, -0.2) is 77.2 Å². The van der Waals surface area contributed by atoms with Gasteiger partial charge in [-0.1, -0.05) is 0 Å². The summed E-state index contributed by atoms with van der Waals surface area (Å²) in [6, 6.07) is 0. The van der Waals surface area contributed by atoms with Crippen molar-refractivity contribution in [1.82, 2.24) is 9.97 Å². The predicted molar refractivity (Wildman–Crippen MR) is 77.9 cm³/mol. The van der Waals surface area contributed by atoms with E-state index in [0.29, 0.717) is 11.5 Å². The number of ether oxygens (including phenoxy) is 1. The number of hydrogen-bond acceptors (Lipinski definition) is 9. The van der Waals surface area contributed by atoms with Crippen LogP contribution in [0.4, 0.5) is 17.5 Å². The summed E-state index contributed by atoms with van der Waals surface area (Å²) in [6.07, 6.45) is -4.18. The normalized spacial score (nSPS) is 30.8. The summed E-state index contributed by atoms with van der Waals surface area (Å²) in [6.45, 7) is -0.138. The zero-order valence-corrected chi connectivity index (χ0v) is 12.2. The van der Waals surface area contributed by atoms with E-state index in [0.717, 1.165) is 0 Å². The minimum atomic E-state index is -1.21. The summed E-state index contributed by atoms with van der Waals surface area (Å²) in [5, 5.41) is 32.0. The topological polar surface area (TPSA) is 134 Å². The van der Waals surface area contributed by atoms with Gasteiger partial charge in [-0.25, -0.2) is 0 Å². The Labute approximate surface area is 126 Å². The van der Waals surface area contributed by atoms with Crippen LogP contribution in [-0.2, 0) is 4.74 Å². The van der Waals surface area contributed by atoms with E-state index in [1.165, 1.54) is 0 Å². The second kappa shape index (κ2) is 5.39. The van der Waals surface area contributed by atoms with Crippen LogP contribution in [0.5, 0.6) is 0 Å².